The molecule has 1 aromatic carbocycles. The number of benzene rings is 1. The van der Waals surface area contributed by atoms with Crippen molar-refractivity contribution in [1.82, 2.24) is 5.32 Å². The molecule has 0 heterocycles. The smallest absolute Gasteiger partial charge is 0.223 e. The molecule has 0 saturated heterocycles. The zero-order chi connectivity index (χ0) is 13.0. The minimum Gasteiger partial charge on any atom is -0.491 e. The van der Waals surface area contributed by atoms with Crippen molar-refractivity contribution in [2.75, 3.05) is 12.3 Å². The summed E-state index contributed by atoms with van der Waals surface area (Å²) in [5.74, 6) is 1.36. The minimum absolute atomic E-state index is 0.0453. The van der Waals surface area contributed by atoms with Gasteiger partial charge < -0.3 is 15.8 Å². The third-order valence-corrected chi connectivity index (χ3v) is 3.22. The third-order valence-electron chi connectivity index (χ3n) is 3.22. The molecular weight excluding hydrogens is 228 g/mol. The molecule has 2 rings (SSSR count). The summed E-state index contributed by atoms with van der Waals surface area (Å²) >= 11 is 0. The number of rotatable bonds is 6. The van der Waals surface area contributed by atoms with Crippen LogP contribution in [0.2, 0.25) is 0 Å². The van der Waals surface area contributed by atoms with E-state index in [1.807, 2.05) is 12.1 Å². The zero-order valence-corrected chi connectivity index (χ0v) is 10.7. The Bertz CT molecular complexity index is 416. The van der Waals surface area contributed by atoms with Crippen LogP contribution < -0.4 is 15.8 Å². The van der Waals surface area contributed by atoms with Crippen LogP contribution in [0.3, 0.4) is 0 Å². The molecule has 0 aliphatic heterocycles. The van der Waals surface area contributed by atoms with Gasteiger partial charge in [-0.05, 0) is 37.8 Å². The average molecular weight is 248 g/mol. The van der Waals surface area contributed by atoms with Crippen LogP contribution >= 0.6 is 0 Å². The molecule has 3 N–H and O–H groups in total. The van der Waals surface area contributed by atoms with Gasteiger partial charge in [0.05, 0.1) is 18.7 Å². The molecule has 0 spiro atoms. The highest BCUT2D eigenvalue weighted by Gasteiger charge is 2.28. The first-order valence-electron chi connectivity index (χ1n) is 6.43. The topological polar surface area (TPSA) is 64.3 Å². The number of ether oxygens (including phenoxy) is 1. The lowest BCUT2D eigenvalue weighted by molar-refractivity contribution is -0.122. The summed E-state index contributed by atoms with van der Waals surface area (Å²) in [6.45, 7) is 2.42. The largest absolute Gasteiger partial charge is 0.491 e. The first-order valence-corrected chi connectivity index (χ1v) is 6.43. The minimum atomic E-state index is 0.0453. The number of amides is 1. The van der Waals surface area contributed by atoms with Crippen molar-refractivity contribution in [2.45, 2.75) is 32.2 Å². The summed E-state index contributed by atoms with van der Waals surface area (Å²) < 4.78 is 5.48. The van der Waals surface area contributed by atoms with Crippen LogP contribution in [0.1, 0.15) is 26.2 Å². The fourth-order valence-electron chi connectivity index (χ4n) is 1.91. The fraction of sp³-hybridized carbons (Fsp3) is 0.500. The second kappa shape index (κ2) is 5.76. The Morgan fingerprint density at radius 3 is 2.89 bits per heavy atom. The summed E-state index contributed by atoms with van der Waals surface area (Å²) in [6.07, 6.45) is 2.84. The maximum Gasteiger partial charge on any atom is 0.223 e. The van der Waals surface area contributed by atoms with E-state index in [1.54, 1.807) is 12.1 Å². The van der Waals surface area contributed by atoms with Gasteiger partial charge in [0.25, 0.3) is 0 Å². The van der Waals surface area contributed by atoms with Crippen LogP contribution in [0.4, 0.5) is 5.69 Å². The summed E-state index contributed by atoms with van der Waals surface area (Å²) in [4.78, 5) is 11.6. The third kappa shape index (κ3) is 3.65. The molecule has 98 valence electrons. The van der Waals surface area contributed by atoms with E-state index in [9.17, 15) is 4.79 Å². The van der Waals surface area contributed by atoms with Crippen LogP contribution in [0, 0.1) is 5.92 Å². The molecule has 0 bridgehead atoms. The van der Waals surface area contributed by atoms with E-state index < -0.39 is 0 Å². The van der Waals surface area contributed by atoms with E-state index in [1.165, 1.54) is 12.8 Å². The Morgan fingerprint density at radius 1 is 1.50 bits per heavy atom. The summed E-state index contributed by atoms with van der Waals surface area (Å²) in [6, 6.07) is 7.59. The second-order valence-electron chi connectivity index (χ2n) is 4.83. The molecule has 1 atom stereocenters. The van der Waals surface area contributed by atoms with Crippen molar-refractivity contribution in [1.29, 1.82) is 0 Å². The predicted octanol–water partition coefficient (Wildman–Crippen LogP) is 1.95. The summed E-state index contributed by atoms with van der Waals surface area (Å²) in [5, 5.41) is 2.99. The molecule has 1 fully saturated rings. The van der Waals surface area contributed by atoms with Crippen molar-refractivity contribution in [3.05, 3.63) is 24.3 Å². The maximum atomic E-state index is 11.6. The van der Waals surface area contributed by atoms with E-state index in [0.29, 0.717) is 36.4 Å². The SMILES string of the molecule is CC(NC(=O)CCOc1ccccc1N)C1CC1. The molecule has 1 saturated carbocycles. The Balaban J connectivity index is 1.68. The zero-order valence-electron chi connectivity index (χ0n) is 10.7. The standard InChI is InChI=1S/C14H20N2O2/c1-10(11-6-7-11)16-14(17)8-9-18-13-5-3-2-4-12(13)15/h2-5,10-11H,6-9,15H2,1H3,(H,16,17). The number of carbonyl (C=O) groups is 1. The van der Waals surface area contributed by atoms with Crippen LogP contribution in [-0.2, 0) is 4.79 Å². The molecule has 0 radical (unpaired) electrons. The Labute approximate surface area is 108 Å². The first-order chi connectivity index (χ1) is 8.66. The molecule has 1 amide bonds. The van der Waals surface area contributed by atoms with E-state index in [4.69, 9.17) is 10.5 Å². The van der Waals surface area contributed by atoms with Crippen molar-refractivity contribution >= 4 is 11.6 Å². The predicted molar refractivity (Wildman–Crippen MR) is 71.3 cm³/mol. The number of nitrogens with two attached hydrogens (primary N) is 1. The van der Waals surface area contributed by atoms with Gasteiger partial charge in [0, 0.05) is 6.04 Å². The van der Waals surface area contributed by atoms with Crippen LogP contribution in [0.15, 0.2) is 24.3 Å². The lowest BCUT2D eigenvalue weighted by Gasteiger charge is -2.13. The van der Waals surface area contributed by atoms with Crippen molar-refractivity contribution in [3.63, 3.8) is 0 Å². The lowest BCUT2D eigenvalue weighted by atomic mass is 10.2. The van der Waals surface area contributed by atoms with E-state index >= 15 is 0 Å². The quantitative estimate of drug-likeness (QED) is 0.756. The molecule has 4 nitrogen and oxygen atoms in total. The van der Waals surface area contributed by atoms with E-state index in [-0.39, 0.29) is 5.91 Å². The number of hydrogen-bond acceptors (Lipinski definition) is 3. The molecular formula is C14H20N2O2. The van der Waals surface area contributed by atoms with Crippen LogP contribution in [-0.4, -0.2) is 18.6 Å². The van der Waals surface area contributed by atoms with Crippen LogP contribution in [0.25, 0.3) is 0 Å². The Morgan fingerprint density at radius 2 is 2.22 bits per heavy atom. The molecule has 1 aliphatic carbocycles. The first kappa shape index (κ1) is 12.7. The monoisotopic (exact) mass is 248 g/mol. The van der Waals surface area contributed by atoms with E-state index in [0.717, 1.165) is 0 Å². The van der Waals surface area contributed by atoms with E-state index in [2.05, 4.69) is 12.2 Å². The van der Waals surface area contributed by atoms with Gasteiger partial charge in [0.2, 0.25) is 5.91 Å². The maximum absolute atomic E-state index is 11.6. The molecule has 4 heteroatoms. The van der Waals surface area contributed by atoms with Gasteiger partial charge in [-0.1, -0.05) is 12.1 Å². The summed E-state index contributed by atoms with van der Waals surface area (Å²) in [7, 11) is 0. The van der Waals surface area contributed by atoms with Gasteiger partial charge in [-0.25, -0.2) is 0 Å². The molecule has 1 aliphatic rings. The van der Waals surface area contributed by atoms with Gasteiger partial charge >= 0.3 is 0 Å². The van der Waals surface area contributed by atoms with Gasteiger partial charge in [0.15, 0.2) is 0 Å². The fourth-order valence-corrected chi connectivity index (χ4v) is 1.91. The number of anilines is 1. The van der Waals surface area contributed by atoms with Gasteiger partial charge in [-0.3, -0.25) is 4.79 Å². The van der Waals surface area contributed by atoms with Gasteiger partial charge in [-0.15, -0.1) is 0 Å². The lowest BCUT2D eigenvalue weighted by Crippen LogP contribution is -2.34. The van der Waals surface area contributed by atoms with Gasteiger partial charge in [-0.2, -0.15) is 0 Å². The Kier molecular flexibility index (Phi) is 4.07. The molecule has 0 aromatic heterocycles. The number of hydrogen-bond donors (Lipinski definition) is 2. The molecule has 1 aromatic rings. The highest BCUT2D eigenvalue weighted by atomic mass is 16.5. The van der Waals surface area contributed by atoms with Crippen molar-refractivity contribution in [2.24, 2.45) is 5.92 Å². The number of para-hydroxylation sites is 2. The summed E-state index contributed by atoms with van der Waals surface area (Å²) in [5.41, 5.74) is 6.34. The highest BCUT2D eigenvalue weighted by molar-refractivity contribution is 5.76. The second-order valence-corrected chi connectivity index (χ2v) is 4.83. The molecule has 1 unspecified atom stereocenters. The normalized spacial score (nSPS) is 16.1. The average Bonchev–Trinajstić information content (AvgIpc) is 3.15. The van der Waals surface area contributed by atoms with Crippen molar-refractivity contribution < 1.29 is 9.53 Å². The van der Waals surface area contributed by atoms with Crippen molar-refractivity contribution in [3.8, 4) is 5.75 Å². The van der Waals surface area contributed by atoms with Crippen LogP contribution in [0.5, 0.6) is 5.75 Å². The highest BCUT2D eigenvalue weighted by Crippen LogP contribution is 2.32. The Hall–Kier alpha value is -1.71. The number of nitrogen functional groups attached to an aromatic ring is 1. The molecule has 18 heavy (non-hydrogen) atoms. The number of nitrogens with one attached hydrogen (secondary N) is 1. The number of carbonyl (C=O) groups excluding carboxylic acids is 1. The van der Waals surface area contributed by atoms with Gasteiger partial charge in [0.1, 0.15) is 5.75 Å².